The van der Waals surface area contributed by atoms with Gasteiger partial charge in [0.1, 0.15) is 0 Å². The maximum Gasteiger partial charge on any atom is 0.0558 e. The Morgan fingerprint density at radius 2 is 2.00 bits per heavy atom. The van der Waals surface area contributed by atoms with Crippen LogP contribution in [0, 0.1) is 0 Å². The van der Waals surface area contributed by atoms with Gasteiger partial charge in [0.15, 0.2) is 0 Å². The number of nitrogens with two attached hydrogens (primary N) is 1. The molecule has 0 heterocycles. The van der Waals surface area contributed by atoms with Crippen molar-refractivity contribution in [3.05, 3.63) is 0 Å². The number of aliphatic hydroxyl groups is 1. The molecule has 0 aliphatic carbocycles. The van der Waals surface area contributed by atoms with Gasteiger partial charge in [-0.15, -0.1) is 0 Å². The zero-order valence-electron chi connectivity index (χ0n) is 6.16. The van der Waals surface area contributed by atoms with Gasteiger partial charge >= 0.3 is 0 Å². The van der Waals surface area contributed by atoms with E-state index in [2.05, 4.69) is 17.5 Å². The van der Waals surface area contributed by atoms with Crippen LogP contribution >= 0.6 is 12.6 Å². The van der Waals surface area contributed by atoms with E-state index < -0.39 is 0 Å². The molecule has 0 aromatic heterocycles. The fraction of sp³-hybridized carbons (Fsp3) is 1.00. The Morgan fingerprint density at radius 3 is 2.40 bits per heavy atom. The maximum absolute atomic E-state index is 8.58. The molecule has 62 valence electrons. The third-order valence-electron chi connectivity index (χ3n) is 1.28. The first kappa shape index (κ1) is 10.2. The third kappa shape index (κ3) is 5.05. The summed E-state index contributed by atoms with van der Waals surface area (Å²) in [7, 11) is 0. The summed E-state index contributed by atoms with van der Waals surface area (Å²) >= 11 is 4.08. The second-order valence-electron chi connectivity index (χ2n) is 2.08. The standard InChI is InChI=1S/C6H16N2OS/c7-1-2-8(3-5-9)4-6-10/h9-10H,1-7H2. The Hall–Kier alpha value is 0.230. The molecule has 0 radical (unpaired) electrons. The van der Waals surface area contributed by atoms with E-state index in [1.165, 1.54) is 0 Å². The highest BCUT2D eigenvalue weighted by molar-refractivity contribution is 7.80. The van der Waals surface area contributed by atoms with Crippen molar-refractivity contribution in [2.24, 2.45) is 5.73 Å². The van der Waals surface area contributed by atoms with Crippen molar-refractivity contribution in [2.75, 3.05) is 38.5 Å². The molecule has 0 rings (SSSR count). The number of nitrogens with zero attached hydrogens (tertiary/aromatic N) is 1. The molecule has 3 N–H and O–H groups in total. The Labute approximate surface area is 67.6 Å². The minimum Gasteiger partial charge on any atom is -0.395 e. The van der Waals surface area contributed by atoms with Crippen molar-refractivity contribution < 1.29 is 5.11 Å². The second kappa shape index (κ2) is 7.34. The van der Waals surface area contributed by atoms with Crippen LogP contribution in [-0.4, -0.2) is 48.5 Å². The minimum atomic E-state index is 0.202. The minimum absolute atomic E-state index is 0.202. The fourth-order valence-electron chi connectivity index (χ4n) is 0.801. The van der Waals surface area contributed by atoms with Crippen molar-refractivity contribution in [2.45, 2.75) is 0 Å². The lowest BCUT2D eigenvalue weighted by Gasteiger charge is -2.18. The molecule has 0 aliphatic rings. The van der Waals surface area contributed by atoms with Gasteiger partial charge in [-0.3, -0.25) is 4.90 Å². The third-order valence-corrected chi connectivity index (χ3v) is 1.48. The van der Waals surface area contributed by atoms with Gasteiger partial charge in [0.2, 0.25) is 0 Å². The molecule has 0 unspecified atom stereocenters. The summed E-state index contributed by atoms with van der Waals surface area (Å²) < 4.78 is 0. The first-order valence-corrected chi connectivity index (χ1v) is 4.12. The molecule has 3 nitrogen and oxygen atoms in total. The van der Waals surface area contributed by atoms with Crippen LogP contribution in [0.2, 0.25) is 0 Å². The van der Waals surface area contributed by atoms with Crippen molar-refractivity contribution in [1.82, 2.24) is 4.90 Å². The lowest BCUT2D eigenvalue weighted by molar-refractivity contribution is 0.206. The van der Waals surface area contributed by atoms with Crippen molar-refractivity contribution in [3.63, 3.8) is 0 Å². The molecule has 0 spiro atoms. The zero-order valence-corrected chi connectivity index (χ0v) is 7.06. The normalized spacial score (nSPS) is 10.8. The molecule has 0 bridgehead atoms. The predicted octanol–water partition coefficient (Wildman–Crippen LogP) is -0.831. The lowest BCUT2D eigenvalue weighted by atomic mass is 10.4. The Bertz CT molecular complexity index is 58.5. The van der Waals surface area contributed by atoms with Crippen molar-refractivity contribution >= 4 is 12.6 Å². The summed E-state index contributed by atoms with van der Waals surface area (Å²) in [5, 5.41) is 8.58. The SMILES string of the molecule is NCCN(CCO)CCS. The molecule has 4 heteroatoms. The van der Waals surface area contributed by atoms with Gasteiger partial charge < -0.3 is 10.8 Å². The van der Waals surface area contributed by atoms with E-state index in [0.29, 0.717) is 13.1 Å². The number of rotatable bonds is 6. The first-order chi connectivity index (χ1) is 4.85. The molecular formula is C6H16N2OS. The predicted molar refractivity (Wildman–Crippen MR) is 46.4 cm³/mol. The van der Waals surface area contributed by atoms with Gasteiger partial charge in [-0.2, -0.15) is 12.6 Å². The highest BCUT2D eigenvalue weighted by Gasteiger charge is 1.99. The number of hydrogen-bond acceptors (Lipinski definition) is 4. The van der Waals surface area contributed by atoms with Crippen molar-refractivity contribution in [1.29, 1.82) is 0 Å². The van der Waals surface area contributed by atoms with Gasteiger partial charge in [0.05, 0.1) is 6.61 Å². The van der Waals surface area contributed by atoms with Gasteiger partial charge in [0.25, 0.3) is 0 Å². The molecular weight excluding hydrogens is 148 g/mol. The molecule has 0 aromatic carbocycles. The van der Waals surface area contributed by atoms with E-state index in [1.54, 1.807) is 0 Å². The average molecular weight is 164 g/mol. The highest BCUT2D eigenvalue weighted by Crippen LogP contribution is 1.86. The number of thiol groups is 1. The quantitative estimate of drug-likeness (QED) is 0.449. The summed E-state index contributed by atoms with van der Waals surface area (Å²) in [6, 6.07) is 0. The molecule has 0 amide bonds. The highest BCUT2D eigenvalue weighted by atomic mass is 32.1. The van der Waals surface area contributed by atoms with Crippen LogP contribution in [0.25, 0.3) is 0 Å². The number of hydrogen-bond donors (Lipinski definition) is 3. The van der Waals surface area contributed by atoms with E-state index >= 15 is 0 Å². The number of aliphatic hydroxyl groups excluding tert-OH is 1. The topological polar surface area (TPSA) is 49.5 Å². The molecule has 0 aliphatic heterocycles. The van der Waals surface area contributed by atoms with Crippen LogP contribution in [-0.2, 0) is 0 Å². The lowest BCUT2D eigenvalue weighted by Crippen LogP contribution is -2.33. The van der Waals surface area contributed by atoms with Crippen LogP contribution in [0.3, 0.4) is 0 Å². The average Bonchev–Trinajstić information content (AvgIpc) is 1.90. The summed E-state index contributed by atoms with van der Waals surface area (Å²) in [5.41, 5.74) is 5.34. The van der Waals surface area contributed by atoms with E-state index in [0.717, 1.165) is 18.8 Å². The second-order valence-corrected chi connectivity index (χ2v) is 2.52. The smallest absolute Gasteiger partial charge is 0.0558 e. The molecule has 0 fully saturated rings. The Morgan fingerprint density at radius 1 is 1.30 bits per heavy atom. The summed E-state index contributed by atoms with van der Waals surface area (Å²) in [5.74, 6) is 0.819. The molecule has 0 aromatic rings. The largest absolute Gasteiger partial charge is 0.395 e. The van der Waals surface area contributed by atoms with E-state index in [1.807, 2.05) is 0 Å². The van der Waals surface area contributed by atoms with Crippen LogP contribution in [0.5, 0.6) is 0 Å². The van der Waals surface area contributed by atoms with Gasteiger partial charge in [-0.05, 0) is 0 Å². The Balaban J connectivity index is 3.30. The molecule has 0 saturated heterocycles. The summed E-state index contributed by atoms with van der Waals surface area (Å²) in [4.78, 5) is 2.09. The summed E-state index contributed by atoms with van der Waals surface area (Å²) in [6.45, 7) is 3.31. The van der Waals surface area contributed by atoms with Gasteiger partial charge in [-0.1, -0.05) is 0 Å². The molecule has 0 saturated carbocycles. The fourth-order valence-corrected chi connectivity index (χ4v) is 1.08. The molecule has 10 heavy (non-hydrogen) atoms. The molecule has 0 atom stereocenters. The monoisotopic (exact) mass is 164 g/mol. The van der Waals surface area contributed by atoms with E-state index in [9.17, 15) is 0 Å². The van der Waals surface area contributed by atoms with Crippen LogP contribution in [0.1, 0.15) is 0 Å². The summed E-state index contributed by atoms with van der Waals surface area (Å²) in [6.07, 6.45) is 0. The van der Waals surface area contributed by atoms with E-state index in [-0.39, 0.29) is 6.61 Å². The maximum atomic E-state index is 8.58. The van der Waals surface area contributed by atoms with E-state index in [4.69, 9.17) is 10.8 Å². The van der Waals surface area contributed by atoms with Crippen LogP contribution in [0.15, 0.2) is 0 Å². The zero-order chi connectivity index (χ0) is 7.82. The Kier molecular flexibility index (Phi) is 7.51. The van der Waals surface area contributed by atoms with Gasteiger partial charge in [0, 0.05) is 31.9 Å². The van der Waals surface area contributed by atoms with Gasteiger partial charge in [-0.25, -0.2) is 0 Å². The van der Waals surface area contributed by atoms with Crippen LogP contribution < -0.4 is 5.73 Å². The van der Waals surface area contributed by atoms with Crippen LogP contribution in [0.4, 0.5) is 0 Å². The van der Waals surface area contributed by atoms with Crippen molar-refractivity contribution in [3.8, 4) is 0 Å². The first-order valence-electron chi connectivity index (χ1n) is 3.49.